The number of amidine groups is 1. The van der Waals surface area contributed by atoms with Crippen molar-refractivity contribution in [1.29, 1.82) is 0 Å². The van der Waals surface area contributed by atoms with Crippen LogP contribution in [-0.2, 0) is 9.53 Å². The minimum atomic E-state index is -0.479. The van der Waals surface area contributed by atoms with E-state index in [1.54, 1.807) is 24.0 Å². The van der Waals surface area contributed by atoms with Crippen LogP contribution in [-0.4, -0.2) is 60.6 Å². The smallest absolute Gasteiger partial charge is 0.251 e. The Morgan fingerprint density at radius 1 is 1.17 bits per heavy atom. The molecule has 0 aromatic heterocycles. The van der Waals surface area contributed by atoms with Crippen molar-refractivity contribution in [2.75, 3.05) is 32.1 Å². The van der Waals surface area contributed by atoms with E-state index in [-0.39, 0.29) is 23.9 Å². The number of anilines is 1. The predicted octanol–water partition coefficient (Wildman–Crippen LogP) is 3.20. The monoisotopic (exact) mass is 410 g/mol. The fraction of sp³-hybridized carbons (Fsp3) is 0.391. The van der Waals surface area contributed by atoms with Crippen LogP contribution < -0.4 is 5.32 Å². The van der Waals surface area contributed by atoms with Crippen LogP contribution in [0.25, 0.3) is 0 Å². The Bertz CT molecular complexity index is 929. The highest BCUT2D eigenvalue weighted by molar-refractivity contribution is 5.92. The summed E-state index contributed by atoms with van der Waals surface area (Å²) in [6, 6.07) is 14.5. The fourth-order valence-electron chi connectivity index (χ4n) is 3.95. The van der Waals surface area contributed by atoms with Gasteiger partial charge in [-0.2, -0.15) is 0 Å². The van der Waals surface area contributed by atoms with Gasteiger partial charge in [-0.15, -0.1) is 0 Å². The van der Waals surface area contributed by atoms with Crippen LogP contribution in [0.15, 0.2) is 53.5 Å². The summed E-state index contributed by atoms with van der Waals surface area (Å²) in [6.45, 7) is 5.53. The summed E-state index contributed by atoms with van der Waals surface area (Å²) in [7, 11) is 1.54. The Kier molecular flexibility index (Phi) is 5.72. The molecule has 7 heteroatoms. The number of piperazine rings is 1. The molecule has 1 saturated heterocycles. The number of nitrogens with zero attached hydrogens (tertiary/aromatic N) is 3. The number of hydrogen-bond acceptors (Lipinski definition) is 5. The van der Waals surface area contributed by atoms with Crippen molar-refractivity contribution >= 4 is 17.4 Å². The van der Waals surface area contributed by atoms with Gasteiger partial charge in [0.05, 0.1) is 6.54 Å². The van der Waals surface area contributed by atoms with E-state index in [1.165, 1.54) is 24.8 Å². The van der Waals surface area contributed by atoms with E-state index in [0.717, 1.165) is 17.1 Å². The molecule has 2 unspecified atom stereocenters. The van der Waals surface area contributed by atoms with Crippen LogP contribution in [0, 0.1) is 12.7 Å². The predicted molar refractivity (Wildman–Crippen MR) is 115 cm³/mol. The van der Waals surface area contributed by atoms with Crippen molar-refractivity contribution in [1.82, 2.24) is 9.80 Å². The normalized spacial score (nSPS) is 21.8. The van der Waals surface area contributed by atoms with E-state index >= 15 is 0 Å². The van der Waals surface area contributed by atoms with Crippen molar-refractivity contribution in [3.63, 3.8) is 0 Å². The third-order valence-electron chi connectivity index (χ3n) is 5.79. The number of ether oxygens (including phenoxy) is 1. The van der Waals surface area contributed by atoms with Gasteiger partial charge in [0.15, 0.2) is 0 Å². The lowest BCUT2D eigenvalue weighted by atomic mass is 10.0. The number of aryl methyl sites for hydroxylation is 1. The molecule has 2 aromatic rings. The average molecular weight is 410 g/mol. The zero-order valence-corrected chi connectivity index (χ0v) is 17.5. The molecule has 0 bridgehead atoms. The Labute approximate surface area is 176 Å². The Morgan fingerprint density at radius 3 is 2.53 bits per heavy atom. The van der Waals surface area contributed by atoms with Gasteiger partial charge in [0.25, 0.3) is 5.91 Å². The third kappa shape index (κ3) is 4.03. The molecule has 2 heterocycles. The van der Waals surface area contributed by atoms with E-state index in [9.17, 15) is 9.18 Å². The highest BCUT2D eigenvalue weighted by Crippen LogP contribution is 2.34. The maximum Gasteiger partial charge on any atom is 0.251 e. The minimum absolute atomic E-state index is 0.0341. The maximum atomic E-state index is 13.5. The van der Waals surface area contributed by atoms with Crippen LogP contribution in [0.5, 0.6) is 0 Å². The number of fused-ring (bicyclic) bond motifs is 1. The second-order valence-electron chi connectivity index (χ2n) is 7.83. The molecule has 158 valence electrons. The number of benzene rings is 2. The molecule has 2 aromatic carbocycles. The number of aliphatic imine (C=N–C) groups is 1. The van der Waals surface area contributed by atoms with Crippen LogP contribution in [0.3, 0.4) is 0 Å². The van der Waals surface area contributed by atoms with E-state index in [0.29, 0.717) is 19.6 Å². The van der Waals surface area contributed by atoms with Crippen LogP contribution in [0.4, 0.5) is 10.1 Å². The number of nitrogens with one attached hydrogen (secondary N) is 1. The summed E-state index contributed by atoms with van der Waals surface area (Å²) in [6.07, 6.45) is -0.585. The number of amides is 1. The van der Waals surface area contributed by atoms with Crippen molar-refractivity contribution < 1.29 is 13.9 Å². The van der Waals surface area contributed by atoms with Gasteiger partial charge in [-0.25, -0.2) is 4.39 Å². The summed E-state index contributed by atoms with van der Waals surface area (Å²) in [5.74, 6) is 0.556. The molecule has 0 spiro atoms. The van der Waals surface area contributed by atoms with Crippen molar-refractivity contribution in [2.45, 2.75) is 32.2 Å². The summed E-state index contributed by atoms with van der Waals surface area (Å²) < 4.78 is 18.7. The van der Waals surface area contributed by atoms with Crippen LogP contribution >= 0.6 is 0 Å². The molecule has 30 heavy (non-hydrogen) atoms. The Balaban J connectivity index is 1.61. The number of rotatable bonds is 5. The average Bonchev–Trinajstić information content (AvgIpc) is 3.12. The van der Waals surface area contributed by atoms with E-state index in [2.05, 4.69) is 41.4 Å². The van der Waals surface area contributed by atoms with Crippen molar-refractivity contribution in [3.8, 4) is 0 Å². The zero-order chi connectivity index (χ0) is 21.3. The van der Waals surface area contributed by atoms with Gasteiger partial charge in [0, 0.05) is 25.9 Å². The first-order valence-electron chi connectivity index (χ1n) is 10.2. The second-order valence-corrected chi connectivity index (χ2v) is 7.83. The third-order valence-corrected chi connectivity index (χ3v) is 5.79. The SMILES string of the molecule is CO[C@@H](C)C(=O)N1CCN2C(=NC(c3ccc(F)cc3)C2Nc2ccc(C)cc2)C1. The van der Waals surface area contributed by atoms with E-state index in [1.807, 2.05) is 0 Å². The van der Waals surface area contributed by atoms with Gasteiger partial charge in [-0.05, 0) is 43.7 Å². The fourth-order valence-corrected chi connectivity index (χ4v) is 3.95. The zero-order valence-electron chi connectivity index (χ0n) is 17.5. The van der Waals surface area contributed by atoms with Crippen molar-refractivity contribution in [3.05, 3.63) is 65.5 Å². The van der Waals surface area contributed by atoms with Gasteiger partial charge in [0.2, 0.25) is 0 Å². The molecule has 0 saturated carbocycles. The molecule has 1 N–H and O–H groups in total. The number of halogens is 1. The van der Waals surface area contributed by atoms with Gasteiger partial charge < -0.3 is 19.9 Å². The lowest BCUT2D eigenvalue weighted by molar-refractivity contribution is -0.140. The summed E-state index contributed by atoms with van der Waals surface area (Å²) in [4.78, 5) is 21.5. The molecule has 4 rings (SSSR count). The first-order chi connectivity index (χ1) is 14.5. The Hall–Kier alpha value is -2.93. The molecular formula is C23H27FN4O2. The molecule has 1 amide bonds. The lowest BCUT2D eigenvalue weighted by Gasteiger charge is -2.39. The molecule has 2 aliphatic rings. The minimum Gasteiger partial charge on any atom is -0.372 e. The van der Waals surface area contributed by atoms with Crippen LogP contribution in [0.1, 0.15) is 24.1 Å². The van der Waals surface area contributed by atoms with E-state index < -0.39 is 6.10 Å². The van der Waals surface area contributed by atoms with Gasteiger partial charge >= 0.3 is 0 Å². The number of hydrogen-bond donors (Lipinski definition) is 1. The first kappa shape index (κ1) is 20.3. The largest absolute Gasteiger partial charge is 0.372 e. The van der Waals surface area contributed by atoms with Crippen molar-refractivity contribution in [2.24, 2.45) is 4.99 Å². The topological polar surface area (TPSA) is 57.2 Å². The van der Waals surface area contributed by atoms with E-state index in [4.69, 9.17) is 9.73 Å². The molecule has 0 radical (unpaired) electrons. The lowest BCUT2D eigenvalue weighted by Crippen LogP contribution is -2.56. The summed E-state index contributed by atoms with van der Waals surface area (Å²) in [5, 5.41) is 3.60. The number of carbonyl (C=O) groups is 1. The molecule has 1 fully saturated rings. The standard InChI is InChI=1S/C23H27FN4O2/c1-15-4-10-19(11-5-15)25-22-21(17-6-8-18(24)9-7-17)26-20-14-27(12-13-28(20)22)23(29)16(2)30-3/h4-11,16,21-22,25H,12-14H2,1-3H3/t16-,21?,22?/m0/s1. The Morgan fingerprint density at radius 2 is 1.87 bits per heavy atom. The number of carbonyl (C=O) groups excluding carboxylic acids is 1. The quantitative estimate of drug-likeness (QED) is 0.823. The maximum absolute atomic E-state index is 13.5. The molecule has 3 atom stereocenters. The molecule has 6 nitrogen and oxygen atoms in total. The van der Waals surface area contributed by atoms with Crippen LogP contribution in [0.2, 0.25) is 0 Å². The second kappa shape index (κ2) is 8.44. The van der Waals surface area contributed by atoms with Gasteiger partial charge in [-0.1, -0.05) is 29.8 Å². The summed E-state index contributed by atoms with van der Waals surface area (Å²) >= 11 is 0. The van der Waals surface area contributed by atoms with Gasteiger partial charge in [0.1, 0.15) is 30.0 Å². The number of methoxy groups -OCH3 is 1. The highest BCUT2D eigenvalue weighted by atomic mass is 19.1. The van der Waals surface area contributed by atoms with Gasteiger partial charge in [-0.3, -0.25) is 9.79 Å². The highest BCUT2D eigenvalue weighted by Gasteiger charge is 2.41. The first-order valence-corrected chi connectivity index (χ1v) is 10.2. The molecule has 0 aliphatic carbocycles. The molecular weight excluding hydrogens is 383 g/mol. The molecule has 2 aliphatic heterocycles. The summed E-state index contributed by atoms with van der Waals surface area (Å²) in [5.41, 5.74) is 3.13.